The molecule has 32 heavy (non-hydrogen) atoms. The van der Waals surface area contributed by atoms with Gasteiger partial charge in [0.15, 0.2) is 0 Å². The van der Waals surface area contributed by atoms with Crippen LogP contribution in [0.1, 0.15) is 126 Å². The van der Waals surface area contributed by atoms with Gasteiger partial charge in [0.05, 0.1) is 6.61 Å². The van der Waals surface area contributed by atoms with Gasteiger partial charge in [-0.15, -0.1) is 0 Å². The lowest BCUT2D eigenvalue weighted by Crippen LogP contribution is -2.01. The van der Waals surface area contributed by atoms with E-state index in [1.807, 2.05) is 6.08 Å². The third kappa shape index (κ3) is 27.2. The van der Waals surface area contributed by atoms with Crippen LogP contribution in [-0.4, -0.2) is 23.4 Å². The highest BCUT2D eigenvalue weighted by Gasteiger charge is 2.05. The molecule has 0 heterocycles. The summed E-state index contributed by atoms with van der Waals surface area (Å²) in [5, 5.41) is 17.5. The molecule has 2 N–H and O–H groups in total. The molecule has 0 aromatic rings. The molecule has 0 aliphatic heterocycles. The first-order valence-electron chi connectivity index (χ1n) is 13.3. The van der Waals surface area contributed by atoms with Gasteiger partial charge in [-0.2, -0.15) is 0 Å². The number of rotatable bonds is 17. The van der Waals surface area contributed by atoms with Gasteiger partial charge >= 0.3 is 0 Å². The summed E-state index contributed by atoms with van der Waals surface area (Å²) in [7, 11) is 0. The first-order valence-corrected chi connectivity index (χ1v) is 13.3. The lowest BCUT2D eigenvalue weighted by molar-refractivity contribution is 0.255. The van der Waals surface area contributed by atoms with Crippen LogP contribution in [0.4, 0.5) is 0 Å². The van der Waals surface area contributed by atoms with Crippen LogP contribution in [0, 0.1) is 17.8 Å². The molecule has 0 amide bonds. The summed E-state index contributed by atoms with van der Waals surface area (Å²) in [5.74, 6) is 2.45. The van der Waals surface area contributed by atoms with E-state index in [-0.39, 0.29) is 6.61 Å². The summed E-state index contributed by atoms with van der Waals surface area (Å²) >= 11 is 0. The molecule has 0 aromatic carbocycles. The van der Waals surface area contributed by atoms with Crippen molar-refractivity contribution in [1.82, 2.24) is 0 Å². The molecule has 0 aromatic heterocycles. The summed E-state index contributed by atoms with van der Waals surface area (Å²) in [6.07, 6.45) is 20.1. The van der Waals surface area contributed by atoms with E-state index in [0.717, 1.165) is 43.9 Å². The molecular formula is C30H58O2. The molecule has 0 saturated heterocycles. The molecule has 0 fully saturated rings. The molecule has 0 aliphatic rings. The summed E-state index contributed by atoms with van der Waals surface area (Å²) < 4.78 is 0. The number of hydrogen-bond acceptors (Lipinski definition) is 2. The normalized spacial score (nSPS) is 14.1. The molecule has 0 bridgehead atoms. The van der Waals surface area contributed by atoms with Crippen molar-refractivity contribution >= 4 is 0 Å². The van der Waals surface area contributed by atoms with Crippen molar-refractivity contribution in [3.05, 3.63) is 34.9 Å². The monoisotopic (exact) mass is 450 g/mol. The first kappa shape index (κ1) is 33.3. The molecule has 2 atom stereocenters. The molecule has 2 heteroatoms. The number of aliphatic hydroxyl groups is 2. The van der Waals surface area contributed by atoms with Crippen LogP contribution < -0.4 is 0 Å². The second-order valence-electron chi connectivity index (χ2n) is 10.6. The molecule has 2 nitrogen and oxygen atoms in total. The Bertz CT molecular complexity index is 495. The molecule has 2 unspecified atom stereocenters. The van der Waals surface area contributed by atoms with Crippen molar-refractivity contribution < 1.29 is 10.2 Å². The van der Waals surface area contributed by atoms with Crippen molar-refractivity contribution in [3.63, 3.8) is 0 Å². The minimum Gasteiger partial charge on any atom is -0.396 e. The standard InChI is InChI=1S/C15H32O.C15H26O/c2*1-13(2)7-5-8-14(3)9-6-10-15(4)11-12-16/h13-16H,5-12H2,1-4H3;7,9,11,16H,5-6,8,10,12H2,1-4H3/b;14-9+,15-11?. The highest BCUT2D eigenvalue weighted by atomic mass is 16.3. The topological polar surface area (TPSA) is 40.5 Å². The maximum absolute atomic E-state index is 8.81. The highest BCUT2D eigenvalue weighted by molar-refractivity contribution is 5.05. The molecule has 190 valence electrons. The van der Waals surface area contributed by atoms with E-state index < -0.39 is 0 Å². The summed E-state index contributed by atoms with van der Waals surface area (Å²) in [6.45, 7) is 18.3. The van der Waals surface area contributed by atoms with Gasteiger partial charge in [0, 0.05) is 6.61 Å². The average Bonchev–Trinajstić information content (AvgIpc) is 2.68. The smallest absolute Gasteiger partial charge is 0.0614 e. The van der Waals surface area contributed by atoms with Gasteiger partial charge in [-0.1, -0.05) is 101 Å². The van der Waals surface area contributed by atoms with E-state index in [0.29, 0.717) is 12.5 Å². The number of allylic oxidation sites excluding steroid dienone is 5. The van der Waals surface area contributed by atoms with Gasteiger partial charge in [0.2, 0.25) is 0 Å². The Kier molecular flexibility index (Phi) is 24.3. The Morgan fingerprint density at radius 3 is 1.56 bits per heavy atom. The summed E-state index contributed by atoms with van der Waals surface area (Å²) in [5.41, 5.74) is 4.14. The van der Waals surface area contributed by atoms with E-state index in [2.05, 4.69) is 67.5 Å². The van der Waals surface area contributed by atoms with Crippen LogP contribution in [0.2, 0.25) is 0 Å². The maximum Gasteiger partial charge on any atom is 0.0614 e. The number of hydrogen-bond donors (Lipinski definition) is 2. The Morgan fingerprint density at radius 1 is 0.625 bits per heavy atom. The van der Waals surface area contributed by atoms with Gasteiger partial charge in [0.1, 0.15) is 0 Å². The van der Waals surface area contributed by atoms with Gasteiger partial charge in [-0.25, -0.2) is 0 Å². The third-order valence-electron chi connectivity index (χ3n) is 6.06. The van der Waals surface area contributed by atoms with E-state index >= 15 is 0 Å². The van der Waals surface area contributed by atoms with Crippen molar-refractivity contribution in [3.8, 4) is 0 Å². The third-order valence-corrected chi connectivity index (χ3v) is 6.06. The molecule has 0 saturated carbocycles. The molecule has 0 rings (SSSR count). The molecular weight excluding hydrogens is 392 g/mol. The van der Waals surface area contributed by atoms with Gasteiger partial charge in [-0.05, 0) is 77.6 Å². The minimum absolute atomic E-state index is 0.162. The summed E-state index contributed by atoms with van der Waals surface area (Å²) in [4.78, 5) is 0. The van der Waals surface area contributed by atoms with Crippen molar-refractivity contribution in [2.24, 2.45) is 17.8 Å². The lowest BCUT2D eigenvalue weighted by Gasteiger charge is -2.14. The zero-order chi connectivity index (χ0) is 24.8. The molecule has 0 radical (unpaired) electrons. The lowest BCUT2D eigenvalue weighted by atomic mass is 9.93. The van der Waals surface area contributed by atoms with E-state index in [1.54, 1.807) is 0 Å². The predicted octanol–water partition coefficient (Wildman–Crippen LogP) is 9.04. The Labute approximate surface area is 202 Å². The Morgan fingerprint density at radius 2 is 1.09 bits per heavy atom. The van der Waals surface area contributed by atoms with Crippen LogP contribution in [0.5, 0.6) is 0 Å². The Balaban J connectivity index is 0. The van der Waals surface area contributed by atoms with E-state index in [4.69, 9.17) is 10.2 Å². The van der Waals surface area contributed by atoms with Crippen LogP contribution >= 0.6 is 0 Å². The van der Waals surface area contributed by atoms with Crippen LogP contribution in [0.3, 0.4) is 0 Å². The van der Waals surface area contributed by atoms with Crippen molar-refractivity contribution in [2.75, 3.05) is 13.2 Å². The van der Waals surface area contributed by atoms with Crippen LogP contribution in [0.15, 0.2) is 34.9 Å². The second kappa shape index (κ2) is 23.3. The van der Waals surface area contributed by atoms with Gasteiger partial charge in [-0.3, -0.25) is 0 Å². The fourth-order valence-electron chi connectivity index (χ4n) is 3.69. The molecule has 0 aliphatic carbocycles. The SMILES string of the molecule is CC(C)=CCC/C(C)=C/CCC(C)=CCO.CC(C)CCCC(C)CCCC(C)CCO. The maximum atomic E-state index is 8.81. The van der Waals surface area contributed by atoms with Crippen molar-refractivity contribution in [1.29, 1.82) is 0 Å². The average molecular weight is 451 g/mol. The van der Waals surface area contributed by atoms with Crippen molar-refractivity contribution in [2.45, 2.75) is 126 Å². The fourth-order valence-corrected chi connectivity index (χ4v) is 3.69. The quantitative estimate of drug-likeness (QED) is 0.217. The summed E-state index contributed by atoms with van der Waals surface area (Å²) in [6, 6.07) is 0. The first-order chi connectivity index (χ1) is 15.1. The number of aliphatic hydroxyl groups excluding tert-OH is 2. The Hall–Kier alpha value is -0.860. The van der Waals surface area contributed by atoms with Gasteiger partial charge < -0.3 is 10.2 Å². The van der Waals surface area contributed by atoms with E-state index in [9.17, 15) is 0 Å². The largest absolute Gasteiger partial charge is 0.396 e. The van der Waals surface area contributed by atoms with Gasteiger partial charge in [0.25, 0.3) is 0 Å². The fraction of sp³-hybridized carbons (Fsp3) is 0.800. The van der Waals surface area contributed by atoms with Crippen LogP contribution in [-0.2, 0) is 0 Å². The zero-order valence-electron chi connectivity index (χ0n) is 23.1. The van der Waals surface area contributed by atoms with Crippen LogP contribution in [0.25, 0.3) is 0 Å². The van der Waals surface area contributed by atoms with E-state index in [1.165, 1.54) is 55.2 Å². The second-order valence-corrected chi connectivity index (χ2v) is 10.6. The molecule has 0 spiro atoms. The predicted molar refractivity (Wildman–Crippen MR) is 145 cm³/mol. The zero-order valence-corrected chi connectivity index (χ0v) is 23.1. The minimum atomic E-state index is 0.162. The highest BCUT2D eigenvalue weighted by Crippen LogP contribution is 2.20.